The summed E-state index contributed by atoms with van der Waals surface area (Å²) in [5.41, 5.74) is 2.78. The SMILES string of the molecule is CCCNC(=O)Nc1ncnc2c1ncn2[C@@H]1O[C@H](COP(=O)([O-])O)C2OC(C#Cc3ccccc3)O[C@@H]21.CCNC(=O)Nc1ncnc2c1ncn2[C@@H]1O[C@H](COP(=O)([O-])O)C2OC(C#Cc3ccccc3)O[C@@H]21. The van der Waals surface area contributed by atoms with Gasteiger partial charge in [0.05, 0.1) is 25.9 Å². The molecule has 0 saturated carbocycles. The number of amides is 4. The number of urea groups is 2. The number of rotatable bonds is 13. The quantitative estimate of drug-likeness (QED) is 0.0703. The maximum Gasteiger partial charge on any atom is 0.320 e. The Bertz CT molecular complexity index is 3210. The van der Waals surface area contributed by atoms with Crippen molar-refractivity contribution in [3.63, 3.8) is 0 Å². The molecule has 0 spiro atoms. The first-order valence-electron chi connectivity index (χ1n) is 23.0. The van der Waals surface area contributed by atoms with Crippen LogP contribution in [-0.4, -0.2) is 136 Å². The zero-order valence-corrected chi connectivity index (χ0v) is 41.3. The molecule has 12 atom stereocenters. The van der Waals surface area contributed by atoms with E-state index in [0.29, 0.717) is 35.4 Å². The van der Waals surface area contributed by atoms with Crippen molar-refractivity contribution in [3.05, 3.63) is 97.1 Å². The molecule has 28 nitrogen and oxygen atoms in total. The van der Waals surface area contributed by atoms with E-state index in [4.69, 9.17) is 38.2 Å². The summed E-state index contributed by atoms with van der Waals surface area (Å²) >= 11 is 0. The standard InChI is InChI=1S/C23H25N6O8P.C22H23N6O8P/c1-2-10-24-23(30)28-20-17-21(26-12-25-20)29(13-27-17)22-19-18(15(35-22)11-34-38(31,32)33)36-16(37-19)9-8-14-6-4-3-5-7-14;1-2-23-22(29)27-19-16-20(25-11-24-19)28(12-26-16)21-18-17(14(34-21)10-33-37(30,31)32)35-15(36-18)9-8-13-6-4-3-5-7-13/h3-7,12-13,15-16,18-19,22H,2,10-11H2,1H3,(H2,31,32,33)(H2,24,25,26,28,30);3-7,11-12,14-15,17-18,21H,2,10H2,1H3,(H2,30,31,32)(H2,23,24,25,27,29)/p-2/t15-,16?,18?,19+,22-;14-,15?,17?,18+,21-/m11/s1. The lowest BCUT2D eigenvalue weighted by Gasteiger charge is -2.22. The third-order valence-electron chi connectivity index (χ3n) is 11.3. The molecule has 2 aromatic carbocycles. The molecule has 4 amide bonds. The molecule has 4 saturated heterocycles. The maximum absolute atomic E-state index is 12.1. The third-order valence-corrected chi connectivity index (χ3v) is 12.3. The molecule has 10 rings (SSSR count). The zero-order chi connectivity index (χ0) is 52.7. The van der Waals surface area contributed by atoms with E-state index in [-0.39, 0.29) is 11.6 Å². The molecule has 394 valence electrons. The molecule has 6 aromatic rings. The molecule has 8 heterocycles. The molecule has 6 N–H and O–H groups in total. The van der Waals surface area contributed by atoms with Gasteiger partial charge in [0.25, 0.3) is 15.6 Å². The van der Waals surface area contributed by atoms with Crippen LogP contribution < -0.4 is 31.1 Å². The molecule has 4 fully saturated rings. The van der Waals surface area contributed by atoms with Gasteiger partial charge in [0.15, 0.2) is 46.4 Å². The van der Waals surface area contributed by atoms with Crippen LogP contribution in [0.5, 0.6) is 0 Å². The van der Waals surface area contributed by atoms with Crippen molar-refractivity contribution in [3.8, 4) is 23.7 Å². The van der Waals surface area contributed by atoms with Gasteiger partial charge in [-0.2, -0.15) is 0 Å². The lowest BCUT2D eigenvalue weighted by Crippen LogP contribution is -2.32. The second kappa shape index (κ2) is 23.4. The number of imidazole rings is 2. The summed E-state index contributed by atoms with van der Waals surface area (Å²) in [6.07, 6.45) is -2.36. The summed E-state index contributed by atoms with van der Waals surface area (Å²) in [6, 6.07) is 17.6. The zero-order valence-electron chi connectivity index (χ0n) is 39.5. The van der Waals surface area contributed by atoms with E-state index >= 15 is 0 Å². The highest BCUT2D eigenvalue weighted by molar-refractivity contribution is 7.45. The summed E-state index contributed by atoms with van der Waals surface area (Å²) in [5, 5.41) is 10.6. The highest BCUT2D eigenvalue weighted by atomic mass is 31.2. The Kier molecular flexibility index (Phi) is 16.5. The van der Waals surface area contributed by atoms with Crippen LogP contribution in [0, 0.1) is 23.7 Å². The minimum absolute atomic E-state index is 0.187. The fourth-order valence-corrected chi connectivity index (χ4v) is 8.82. The Balaban J connectivity index is 0.000000184. The monoisotopic (exact) mass is 1070 g/mol. The predicted octanol–water partition coefficient (Wildman–Crippen LogP) is 1.40. The lowest BCUT2D eigenvalue weighted by atomic mass is 10.1. The van der Waals surface area contributed by atoms with Gasteiger partial charge in [-0.1, -0.05) is 55.2 Å². The van der Waals surface area contributed by atoms with Gasteiger partial charge in [-0.15, -0.1) is 0 Å². The minimum Gasteiger partial charge on any atom is -0.756 e. The van der Waals surface area contributed by atoms with E-state index in [2.05, 4.69) is 83.9 Å². The summed E-state index contributed by atoms with van der Waals surface area (Å²) in [7, 11) is -10.0. The number of hydrogen-bond donors (Lipinski definition) is 6. The van der Waals surface area contributed by atoms with Crippen LogP contribution in [-0.2, 0) is 46.6 Å². The van der Waals surface area contributed by atoms with E-state index < -0.39 is 103 Å². The highest BCUT2D eigenvalue weighted by Crippen LogP contribution is 2.44. The first kappa shape index (κ1) is 53.0. The molecule has 30 heteroatoms. The Morgan fingerprint density at radius 2 is 1.05 bits per heavy atom. The number of aromatic nitrogens is 8. The van der Waals surface area contributed by atoms with Crippen molar-refractivity contribution in [2.45, 2.75) is 81.9 Å². The summed E-state index contributed by atoms with van der Waals surface area (Å²) < 4.78 is 70.7. The number of benzene rings is 2. The van der Waals surface area contributed by atoms with E-state index in [1.165, 1.54) is 25.3 Å². The number of hydrogen-bond acceptors (Lipinski definition) is 20. The summed E-state index contributed by atoms with van der Waals surface area (Å²) in [4.78, 5) is 90.1. The molecule has 6 unspecified atom stereocenters. The van der Waals surface area contributed by atoms with Crippen LogP contribution in [0.4, 0.5) is 21.2 Å². The summed E-state index contributed by atoms with van der Waals surface area (Å²) in [5.74, 6) is 12.1. The largest absolute Gasteiger partial charge is 0.756 e. The van der Waals surface area contributed by atoms with Gasteiger partial charge >= 0.3 is 12.1 Å². The first-order chi connectivity index (χ1) is 36.1. The van der Waals surface area contributed by atoms with Crippen molar-refractivity contribution in [1.82, 2.24) is 49.7 Å². The molecule has 4 aromatic heterocycles. The molecular formula is C45H46N12O16P2-2. The number of anilines is 2. The van der Waals surface area contributed by atoms with E-state index in [1.54, 1.807) is 16.1 Å². The Morgan fingerprint density at radius 3 is 1.47 bits per heavy atom. The van der Waals surface area contributed by atoms with Crippen molar-refractivity contribution in [1.29, 1.82) is 0 Å². The van der Waals surface area contributed by atoms with Gasteiger partial charge in [0.2, 0.25) is 12.6 Å². The smallest absolute Gasteiger partial charge is 0.320 e. The van der Waals surface area contributed by atoms with Crippen molar-refractivity contribution in [2.24, 2.45) is 0 Å². The van der Waals surface area contributed by atoms with Crippen LogP contribution in [0.2, 0.25) is 0 Å². The molecule has 0 bridgehead atoms. The predicted molar refractivity (Wildman–Crippen MR) is 254 cm³/mol. The van der Waals surface area contributed by atoms with Gasteiger partial charge < -0.3 is 67.7 Å². The fourth-order valence-electron chi connectivity index (χ4n) is 8.15. The van der Waals surface area contributed by atoms with E-state index in [1.807, 2.05) is 67.6 Å². The van der Waals surface area contributed by atoms with Crippen LogP contribution >= 0.6 is 15.6 Å². The molecule has 4 aliphatic heterocycles. The van der Waals surface area contributed by atoms with Crippen LogP contribution in [0.25, 0.3) is 22.3 Å². The van der Waals surface area contributed by atoms with Crippen molar-refractivity contribution in [2.75, 3.05) is 36.9 Å². The number of nitrogens with zero attached hydrogens (tertiary/aromatic N) is 8. The number of nitrogens with one attached hydrogen (secondary N) is 4. The molecular weight excluding hydrogens is 1030 g/mol. The van der Waals surface area contributed by atoms with Gasteiger partial charge in [-0.05, 0) is 49.5 Å². The number of phosphoric ester groups is 2. The van der Waals surface area contributed by atoms with Gasteiger partial charge in [0.1, 0.15) is 49.3 Å². The Labute approximate surface area is 425 Å². The van der Waals surface area contributed by atoms with Gasteiger partial charge in [-0.25, -0.2) is 39.5 Å². The van der Waals surface area contributed by atoms with Crippen LogP contribution in [0.1, 0.15) is 43.9 Å². The lowest BCUT2D eigenvalue weighted by molar-refractivity contribution is -0.225. The average molecular weight is 1070 g/mol. The maximum atomic E-state index is 12.1. The molecule has 75 heavy (non-hydrogen) atoms. The highest BCUT2D eigenvalue weighted by Gasteiger charge is 2.55. The fraction of sp³-hybridized carbons (Fsp3) is 0.378. The Morgan fingerprint density at radius 1 is 0.627 bits per heavy atom. The van der Waals surface area contributed by atoms with E-state index in [9.17, 15) is 28.5 Å². The third kappa shape index (κ3) is 13.0. The second-order valence-corrected chi connectivity index (χ2v) is 18.8. The van der Waals surface area contributed by atoms with Crippen molar-refractivity contribution >= 4 is 61.7 Å². The topological polar surface area (TPSA) is 364 Å². The minimum atomic E-state index is -5.01. The summed E-state index contributed by atoms with van der Waals surface area (Å²) in [6.45, 7) is 3.61. The van der Waals surface area contributed by atoms with Crippen LogP contribution in [0.3, 0.4) is 0 Å². The molecule has 0 radical (unpaired) electrons. The second-order valence-electron chi connectivity index (χ2n) is 16.5. The number of phosphoric acid groups is 2. The number of fused-ring (bicyclic) bond motifs is 4. The number of ether oxygens (including phenoxy) is 6. The normalized spacial score (nSPS) is 26.0. The van der Waals surface area contributed by atoms with E-state index in [0.717, 1.165) is 17.5 Å². The van der Waals surface area contributed by atoms with Crippen molar-refractivity contribution < 1.29 is 75.8 Å². The Hall–Kier alpha value is -6.82. The first-order valence-corrected chi connectivity index (χ1v) is 26.0. The molecule has 4 aliphatic rings. The number of carbonyl (C=O) groups is 2. The van der Waals surface area contributed by atoms with Gasteiger partial charge in [-0.3, -0.25) is 28.9 Å². The number of carbonyl (C=O) groups excluding carboxylic acids is 2. The average Bonchev–Trinajstić information content (AvgIpc) is 4.26. The van der Waals surface area contributed by atoms with Crippen LogP contribution in [0.15, 0.2) is 86.0 Å². The van der Waals surface area contributed by atoms with Gasteiger partial charge in [0, 0.05) is 24.2 Å². The molecule has 0 aliphatic carbocycles.